The highest BCUT2D eigenvalue weighted by Gasteiger charge is 2.23. The van der Waals surface area contributed by atoms with Gasteiger partial charge in [0.2, 0.25) is 5.88 Å². The Kier molecular flexibility index (Phi) is 18.5. The number of benzene rings is 3. The van der Waals surface area contributed by atoms with Crippen LogP contribution in [-0.4, -0.2) is 156 Å². The minimum Gasteiger partial charge on any atom is -0.474 e. The predicted octanol–water partition coefficient (Wildman–Crippen LogP) is 11.2. The number of likely N-dealkylation sites (tertiary alicyclic amines) is 1. The molecule has 0 aliphatic carbocycles. The van der Waals surface area contributed by atoms with Gasteiger partial charge in [0, 0.05) is 68.0 Å². The van der Waals surface area contributed by atoms with E-state index in [0.717, 1.165) is 146 Å². The zero-order chi connectivity index (χ0) is 62.2. The average molecular weight is 1220 g/mol. The maximum absolute atomic E-state index is 6.39. The lowest BCUT2D eigenvalue weighted by atomic mass is 10.00. The first kappa shape index (κ1) is 60.5. The van der Waals surface area contributed by atoms with Crippen LogP contribution in [0.1, 0.15) is 110 Å². The summed E-state index contributed by atoms with van der Waals surface area (Å²) in [5.41, 5.74) is 13.3. The number of H-pyrrole nitrogens is 3. The lowest BCUT2D eigenvalue weighted by Crippen LogP contribution is -2.37. The van der Waals surface area contributed by atoms with Crippen molar-refractivity contribution < 1.29 is 14.2 Å². The zero-order valence-electron chi connectivity index (χ0n) is 52.5. The van der Waals surface area contributed by atoms with Gasteiger partial charge in [0.25, 0.3) is 0 Å². The van der Waals surface area contributed by atoms with Gasteiger partial charge in [-0.15, -0.1) is 0 Å². The molecular formula is C68H78N20O3. The van der Waals surface area contributed by atoms with E-state index in [0.29, 0.717) is 28.6 Å². The van der Waals surface area contributed by atoms with Crippen LogP contribution in [0.3, 0.4) is 0 Å². The SMILES string of the molecule is Cc1cccc2cc(C(C)Nc3ncnc4nc[nH]c34)nc(CCN3CCCC3)c12.Cc1cccc2cc(C(C)Nc3ncnc4nc[nH]c34)nc(CCN3CCOCC3)c12.Cc1cccc2cc(C(C)Nc3ncnc4nc[nH]c34)nc(OC3CCOCC3)c12. The van der Waals surface area contributed by atoms with Gasteiger partial charge in [-0.3, -0.25) is 14.9 Å². The number of hydrogen-bond acceptors (Lipinski definition) is 20. The molecule has 468 valence electrons. The Bertz CT molecular complexity index is 4460. The number of pyridine rings is 3. The number of rotatable bonds is 17. The van der Waals surface area contributed by atoms with Crippen molar-refractivity contribution in [2.75, 3.05) is 81.6 Å². The van der Waals surface area contributed by atoms with Crippen molar-refractivity contribution in [1.29, 1.82) is 0 Å². The Morgan fingerprint density at radius 2 is 0.879 bits per heavy atom. The molecule has 3 aliphatic heterocycles. The number of anilines is 3. The van der Waals surface area contributed by atoms with Crippen molar-refractivity contribution in [1.82, 2.24) is 84.6 Å². The number of nitrogens with zero attached hydrogens (tertiary/aromatic N) is 14. The molecule has 3 fully saturated rings. The first-order chi connectivity index (χ1) is 44.6. The Hall–Kier alpha value is -9.42. The van der Waals surface area contributed by atoms with Crippen LogP contribution < -0.4 is 20.7 Å². The molecule has 9 aromatic heterocycles. The average Bonchev–Trinajstić information content (AvgIpc) is 1.71. The monoisotopic (exact) mass is 1220 g/mol. The van der Waals surface area contributed by atoms with Gasteiger partial charge >= 0.3 is 0 Å². The van der Waals surface area contributed by atoms with Crippen LogP contribution in [0, 0.1) is 20.8 Å². The van der Waals surface area contributed by atoms with Crippen LogP contribution in [0.25, 0.3) is 65.8 Å². The molecule has 12 aromatic rings. The molecule has 3 aliphatic rings. The number of aromatic amines is 3. The zero-order valence-corrected chi connectivity index (χ0v) is 52.5. The third kappa shape index (κ3) is 13.8. The molecule has 91 heavy (non-hydrogen) atoms. The van der Waals surface area contributed by atoms with Crippen molar-refractivity contribution >= 4 is 83.3 Å². The molecule has 15 rings (SSSR count). The highest BCUT2D eigenvalue weighted by Crippen LogP contribution is 2.34. The van der Waals surface area contributed by atoms with E-state index in [2.05, 4.69) is 200 Å². The Labute approximate surface area is 527 Å². The van der Waals surface area contributed by atoms with Gasteiger partial charge in [0.1, 0.15) is 41.6 Å². The minimum absolute atomic E-state index is 0.00171. The summed E-state index contributed by atoms with van der Waals surface area (Å²) in [5, 5.41) is 17.6. The van der Waals surface area contributed by atoms with Crippen molar-refractivity contribution in [3.63, 3.8) is 0 Å². The van der Waals surface area contributed by atoms with Gasteiger partial charge in [0.05, 0.1) is 92.0 Å². The second-order valence-corrected chi connectivity index (χ2v) is 23.9. The third-order valence-corrected chi connectivity index (χ3v) is 17.5. The summed E-state index contributed by atoms with van der Waals surface area (Å²) in [5.74, 6) is 2.87. The molecule has 6 N–H and O–H groups in total. The molecule has 0 spiro atoms. The third-order valence-electron chi connectivity index (χ3n) is 17.5. The maximum Gasteiger partial charge on any atom is 0.222 e. The highest BCUT2D eigenvalue weighted by atomic mass is 16.5. The van der Waals surface area contributed by atoms with Crippen molar-refractivity contribution in [3.05, 3.63) is 156 Å². The van der Waals surface area contributed by atoms with Crippen molar-refractivity contribution in [2.24, 2.45) is 0 Å². The van der Waals surface area contributed by atoms with E-state index in [1.54, 1.807) is 19.0 Å². The molecule has 23 heteroatoms. The Balaban J connectivity index is 0.000000125. The van der Waals surface area contributed by atoms with Crippen molar-refractivity contribution in [3.8, 4) is 5.88 Å². The molecule has 0 saturated carbocycles. The Morgan fingerprint density at radius 1 is 0.484 bits per heavy atom. The summed E-state index contributed by atoms with van der Waals surface area (Å²) < 4.78 is 17.4. The largest absolute Gasteiger partial charge is 0.474 e. The fraction of sp³-hybridized carbons (Fsp3) is 0.382. The molecular weight excluding hydrogens is 1140 g/mol. The van der Waals surface area contributed by atoms with Crippen LogP contribution in [-0.2, 0) is 22.3 Å². The van der Waals surface area contributed by atoms with Gasteiger partial charge in [-0.05, 0) is 119 Å². The molecule has 12 heterocycles. The number of fused-ring (bicyclic) bond motifs is 6. The number of imidazole rings is 3. The predicted molar refractivity (Wildman–Crippen MR) is 355 cm³/mol. The second-order valence-electron chi connectivity index (χ2n) is 23.9. The molecule has 3 atom stereocenters. The van der Waals surface area contributed by atoms with Gasteiger partial charge in [0.15, 0.2) is 34.4 Å². The number of morpholine rings is 1. The molecule has 3 saturated heterocycles. The molecule has 23 nitrogen and oxygen atoms in total. The van der Waals surface area contributed by atoms with Crippen molar-refractivity contribution in [2.45, 2.75) is 104 Å². The van der Waals surface area contributed by atoms with E-state index in [4.69, 9.17) is 29.2 Å². The quantitative estimate of drug-likeness (QED) is 0.0494. The molecule has 0 bridgehead atoms. The summed E-state index contributed by atoms with van der Waals surface area (Å²) in [7, 11) is 0. The topological polar surface area (TPSA) is 272 Å². The summed E-state index contributed by atoms with van der Waals surface area (Å²) in [6.45, 7) is 22.3. The number of aryl methyl sites for hydroxylation is 3. The number of aromatic nitrogens is 15. The summed E-state index contributed by atoms with van der Waals surface area (Å²) in [6.07, 6.45) is 15.9. The Morgan fingerprint density at radius 3 is 1.33 bits per heavy atom. The van der Waals surface area contributed by atoms with E-state index in [9.17, 15) is 0 Å². The fourth-order valence-electron chi connectivity index (χ4n) is 12.6. The van der Waals surface area contributed by atoms with E-state index in [-0.39, 0.29) is 24.2 Å². The maximum atomic E-state index is 6.39. The number of ether oxygens (including phenoxy) is 3. The van der Waals surface area contributed by atoms with Gasteiger partial charge in [-0.25, -0.2) is 49.8 Å². The first-order valence-corrected chi connectivity index (χ1v) is 31.7. The smallest absolute Gasteiger partial charge is 0.222 e. The lowest BCUT2D eigenvalue weighted by molar-refractivity contribution is 0.0243. The molecule has 3 unspecified atom stereocenters. The summed E-state index contributed by atoms with van der Waals surface area (Å²) >= 11 is 0. The van der Waals surface area contributed by atoms with E-state index >= 15 is 0 Å². The standard InChI is InChI=1S/C23H27N7O.C23H27N7.C22H24N6O2/c1-15-4-3-5-17-12-19(16(2)28-23-21-22(25-13-24-21)26-14-27-23)29-18(20(15)17)6-7-30-8-10-31-11-9-30;1-15-6-5-7-17-12-19(29-18(20(15)17)8-11-30-9-3-4-10-30)16(2)28-23-21-22(25-13-24-21)26-14-27-23;1-13-4-3-5-15-10-17(28-22(18(13)15)30-16-6-8-29-9-7-16)14(2)27-21-19-20(24-11-23-19)25-12-26-21/h3-5,12-14,16H,6-11H2,1-2H3,(H2,24,25,26,27,28);5-7,12-14,16H,3-4,8-11H2,1-2H3,(H2,24,25,26,27,28);3-5,10-12,14,16H,6-9H2,1-2H3,(H2,23,24,25,26,27). The highest BCUT2D eigenvalue weighted by molar-refractivity contribution is 5.92. The summed E-state index contributed by atoms with van der Waals surface area (Å²) in [4.78, 5) is 67.9. The van der Waals surface area contributed by atoms with Gasteiger partial charge in [-0.1, -0.05) is 54.6 Å². The minimum atomic E-state index is -0.0895. The first-order valence-electron chi connectivity index (χ1n) is 31.7. The van der Waals surface area contributed by atoms with E-state index < -0.39 is 0 Å². The van der Waals surface area contributed by atoms with Gasteiger partial charge < -0.3 is 50.0 Å². The second kappa shape index (κ2) is 27.8. The van der Waals surface area contributed by atoms with E-state index in [1.807, 2.05) is 0 Å². The van der Waals surface area contributed by atoms with E-state index in [1.165, 1.54) is 83.3 Å². The van der Waals surface area contributed by atoms with Crippen LogP contribution in [0.2, 0.25) is 0 Å². The summed E-state index contributed by atoms with van der Waals surface area (Å²) in [6, 6.07) is 25.6. The number of hydrogen-bond donors (Lipinski definition) is 6. The lowest BCUT2D eigenvalue weighted by Gasteiger charge is -2.26. The molecule has 0 amide bonds. The number of nitrogens with one attached hydrogen (secondary N) is 6. The van der Waals surface area contributed by atoms with Crippen LogP contribution >= 0.6 is 0 Å². The van der Waals surface area contributed by atoms with Crippen LogP contribution in [0.4, 0.5) is 17.5 Å². The van der Waals surface area contributed by atoms with Crippen LogP contribution in [0.15, 0.2) is 111 Å². The molecule has 0 radical (unpaired) electrons. The van der Waals surface area contributed by atoms with Crippen LogP contribution in [0.5, 0.6) is 5.88 Å². The molecule has 3 aromatic carbocycles. The van der Waals surface area contributed by atoms with Gasteiger partial charge in [-0.2, -0.15) is 0 Å². The normalized spacial score (nSPS) is 16.0. The fourth-order valence-corrected chi connectivity index (χ4v) is 12.6.